The summed E-state index contributed by atoms with van der Waals surface area (Å²) < 4.78 is 0. The van der Waals surface area contributed by atoms with Crippen molar-refractivity contribution < 1.29 is 0 Å². The smallest absolute Gasteiger partial charge is 0.0273 e. The zero-order valence-electron chi connectivity index (χ0n) is 11.9. The molecule has 0 fully saturated rings. The lowest BCUT2D eigenvalue weighted by atomic mass is 9.93. The van der Waals surface area contributed by atoms with Crippen LogP contribution < -0.4 is 0 Å². The fraction of sp³-hybridized carbons (Fsp3) is 0.647. The van der Waals surface area contributed by atoms with Gasteiger partial charge in [-0.2, -0.15) is 0 Å². The van der Waals surface area contributed by atoms with Crippen molar-refractivity contribution in [1.29, 1.82) is 0 Å². The first-order chi connectivity index (χ1) is 8.33. The van der Waals surface area contributed by atoms with Crippen molar-refractivity contribution in [2.75, 3.05) is 0 Å². The van der Waals surface area contributed by atoms with Gasteiger partial charge in [0, 0.05) is 0 Å². The van der Waals surface area contributed by atoms with E-state index in [-0.39, 0.29) is 0 Å². The summed E-state index contributed by atoms with van der Waals surface area (Å²) >= 11 is 0. The molecule has 0 atom stereocenters. The Balaban J connectivity index is 2.55. The predicted octanol–water partition coefficient (Wildman–Crippen LogP) is 5.32. The predicted molar refractivity (Wildman–Crippen MR) is 77.7 cm³/mol. The lowest BCUT2D eigenvalue weighted by Crippen LogP contribution is -1.99. The van der Waals surface area contributed by atoms with Gasteiger partial charge < -0.3 is 0 Å². The van der Waals surface area contributed by atoms with E-state index in [1.165, 1.54) is 51.4 Å². The summed E-state index contributed by atoms with van der Waals surface area (Å²) in [5.74, 6) is 0. The van der Waals surface area contributed by atoms with Crippen LogP contribution in [-0.4, -0.2) is 0 Å². The quantitative estimate of drug-likeness (QED) is 0.532. The fourth-order valence-corrected chi connectivity index (χ4v) is 2.58. The van der Waals surface area contributed by atoms with Crippen molar-refractivity contribution in [1.82, 2.24) is 0 Å². The molecule has 0 saturated carbocycles. The molecule has 1 aromatic carbocycles. The maximum absolute atomic E-state index is 2.31. The van der Waals surface area contributed by atoms with E-state index in [1.807, 2.05) is 0 Å². The third kappa shape index (κ3) is 4.53. The van der Waals surface area contributed by atoms with E-state index in [0.717, 1.165) is 0 Å². The summed E-state index contributed by atoms with van der Waals surface area (Å²) in [7, 11) is 0. The summed E-state index contributed by atoms with van der Waals surface area (Å²) in [6.07, 6.45) is 10.6. The minimum absolute atomic E-state index is 1.18. The number of aryl methyl sites for hydroxylation is 2. The van der Waals surface area contributed by atoms with Gasteiger partial charge in [0.1, 0.15) is 0 Å². The van der Waals surface area contributed by atoms with Crippen LogP contribution in [0.4, 0.5) is 0 Å². The molecule has 1 rings (SSSR count). The van der Waals surface area contributed by atoms with Crippen LogP contribution in [-0.2, 0) is 19.3 Å². The second kappa shape index (κ2) is 8.33. The van der Waals surface area contributed by atoms with Crippen LogP contribution in [0.25, 0.3) is 0 Å². The van der Waals surface area contributed by atoms with E-state index < -0.39 is 0 Å². The molecule has 0 aliphatic heterocycles. The van der Waals surface area contributed by atoms with Crippen LogP contribution in [0, 0.1) is 0 Å². The van der Waals surface area contributed by atoms with Crippen molar-refractivity contribution >= 4 is 0 Å². The normalized spacial score (nSPS) is 10.8. The minimum Gasteiger partial charge on any atom is -0.0654 e. The van der Waals surface area contributed by atoms with Gasteiger partial charge in [0.2, 0.25) is 0 Å². The highest BCUT2D eigenvalue weighted by Gasteiger charge is 2.05. The van der Waals surface area contributed by atoms with Gasteiger partial charge in [-0.05, 0) is 42.4 Å². The molecule has 0 aliphatic rings. The van der Waals surface area contributed by atoms with E-state index >= 15 is 0 Å². The highest BCUT2D eigenvalue weighted by Crippen LogP contribution is 2.19. The Kier molecular flexibility index (Phi) is 7.00. The molecule has 0 bridgehead atoms. The molecule has 0 aliphatic carbocycles. The Labute approximate surface area is 107 Å². The largest absolute Gasteiger partial charge is 0.0654 e. The second-order valence-corrected chi connectivity index (χ2v) is 4.93. The van der Waals surface area contributed by atoms with Gasteiger partial charge in [-0.15, -0.1) is 0 Å². The number of rotatable bonds is 8. The zero-order valence-corrected chi connectivity index (χ0v) is 11.9. The molecular formula is C17H28. The molecule has 0 N–H and O–H groups in total. The summed E-state index contributed by atoms with van der Waals surface area (Å²) in [5, 5.41) is 0. The fourth-order valence-electron chi connectivity index (χ4n) is 2.58. The molecule has 0 unspecified atom stereocenters. The van der Waals surface area contributed by atoms with Crippen LogP contribution >= 0.6 is 0 Å². The highest BCUT2D eigenvalue weighted by atomic mass is 14.1. The third-order valence-electron chi connectivity index (χ3n) is 3.66. The van der Waals surface area contributed by atoms with Crippen LogP contribution in [0.3, 0.4) is 0 Å². The topological polar surface area (TPSA) is 0 Å². The summed E-state index contributed by atoms with van der Waals surface area (Å²) in [6, 6.07) is 6.83. The van der Waals surface area contributed by atoms with Crippen molar-refractivity contribution in [3.63, 3.8) is 0 Å². The van der Waals surface area contributed by atoms with Crippen molar-refractivity contribution in [2.24, 2.45) is 0 Å². The number of unbranched alkanes of at least 4 members (excludes halogenated alkanes) is 4. The van der Waals surface area contributed by atoms with Crippen LogP contribution in [0.1, 0.15) is 69.6 Å². The van der Waals surface area contributed by atoms with Crippen molar-refractivity contribution in [2.45, 2.75) is 72.1 Å². The maximum Gasteiger partial charge on any atom is -0.0273 e. The Morgan fingerprint density at radius 2 is 1.35 bits per heavy atom. The van der Waals surface area contributed by atoms with Crippen molar-refractivity contribution in [3.8, 4) is 0 Å². The first-order valence-electron chi connectivity index (χ1n) is 7.43. The SMILES string of the molecule is CCCCCCCc1c(CC)cccc1CC. The molecule has 96 valence electrons. The Morgan fingerprint density at radius 1 is 0.765 bits per heavy atom. The molecule has 0 aromatic heterocycles. The Hall–Kier alpha value is -0.780. The Bertz CT molecular complexity index is 290. The van der Waals surface area contributed by atoms with Crippen LogP contribution in [0.5, 0.6) is 0 Å². The molecule has 0 heteroatoms. The van der Waals surface area contributed by atoms with Crippen LogP contribution in [0.2, 0.25) is 0 Å². The molecule has 0 radical (unpaired) electrons. The van der Waals surface area contributed by atoms with E-state index in [0.29, 0.717) is 0 Å². The summed E-state index contributed by atoms with van der Waals surface area (Å²) in [6.45, 7) is 6.83. The van der Waals surface area contributed by atoms with Gasteiger partial charge in [-0.25, -0.2) is 0 Å². The van der Waals surface area contributed by atoms with Gasteiger partial charge in [0.05, 0.1) is 0 Å². The highest BCUT2D eigenvalue weighted by molar-refractivity contribution is 5.35. The zero-order chi connectivity index (χ0) is 12.5. The molecule has 1 aromatic rings. The number of hydrogen-bond acceptors (Lipinski definition) is 0. The van der Waals surface area contributed by atoms with E-state index in [9.17, 15) is 0 Å². The molecule has 0 heterocycles. The molecule has 0 spiro atoms. The van der Waals surface area contributed by atoms with Gasteiger partial charge in [-0.3, -0.25) is 0 Å². The maximum atomic E-state index is 2.31. The number of hydrogen-bond donors (Lipinski definition) is 0. The molecule has 0 nitrogen and oxygen atoms in total. The van der Waals surface area contributed by atoms with Gasteiger partial charge in [-0.1, -0.05) is 64.7 Å². The van der Waals surface area contributed by atoms with Gasteiger partial charge >= 0.3 is 0 Å². The van der Waals surface area contributed by atoms with Gasteiger partial charge in [0.15, 0.2) is 0 Å². The second-order valence-electron chi connectivity index (χ2n) is 4.93. The molecule has 0 amide bonds. The van der Waals surface area contributed by atoms with Gasteiger partial charge in [0.25, 0.3) is 0 Å². The first kappa shape index (κ1) is 14.3. The first-order valence-corrected chi connectivity index (χ1v) is 7.43. The molecular weight excluding hydrogens is 204 g/mol. The van der Waals surface area contributed by atoms with E-state index in [2.05, 4.69) is 39.0 Å². The summed E-state index contributed by atoms with van der Waals surface area (Å²) in [4.78, 5) is 0. The molecule has 0 saturated heterocycles. The van der Waals surface area contributed by atoms with Crippen molar-refractivity contribution in [3.05, 3.63) is 34.9 Å². The monoisotopic (exact) mass is 232 g/mol. The average molecular weight is 232 g/mol. The molecule has 17 heavy (non-hydrogen) atoms. The average Bonchev–Trinajstić information content (AvgIpc) is 2.38. The Morgan fingerprint density at radius 3 is 1.88 bits per heavy atom. The minimum atomic E-state index is 1.18. The lowest BCUT2D eigenvalue weighted by molar-refractivity contribution is 0.629. The van der Waals surface area contributed by atoms with Crippen LogP contribution in [0.15, 0.2) is 18.2 Å². The van der Waals surface area contributed by atoms with E-state index in [1.54, 1.807) is 16.7 Å². The lowest BCUT2D eigenvalue weighted by Gasteiger charge is -2.12. The standard InChI is InChI=1S/C17H28/c1-4-7-8-9-10-14-17-15(5-2)12-11-13-16(17)6-3/h11-13H,4-10,14H2,1-3H3. The summed E-state index contributed by atoms with van der Waals surface area (Å²) in [5.41, 5.74) is 4.79. The van der Waals surface area contributed by atoms with E-state index in [4.69, 9.17) is 0 Å². The number of benzene rings is 1. The third-order valence-corrected chi connectivity index (χ3v) is 3.66.